The lowest BCUT2D eigenvalue weighted by atomic mass is 9.91. The van der Waals surface area contributed by atoms with Gasteiger partial charge in [-0.05, 0) is 42.5 Å². The van der Waals surface area contributed by atoms with Crippen molar-refractivity contribution >= 4 is 27.9 Å². The molecule has 2 atom stereocenters. The van der Waals surface area contributed by atoms with Crippen LogP contribution in [0.3, 0.4) is 0 Å². The van der Waals surface area contributed by atoms with Gasteiger partial charge in [0.05, 0.1) is 5.92 Å². The molecule has 0 aliphatic carbocycles. The molecule has 2 unspecified atom stereocenters. The van der Waals surface area contributed by atoms with Gasteiger partial charge in [-0.25, -0.2) is 4.79 Å². The van der Waals surface area contributed by atoms with E-state index < -0.39 is 11.9 Å². The Morgan fingerprint density at radius 1 is 1.41 bits per heavy atom. The van der Waals surface area contributed by atoms with Crippen molar-refractivity contribution in [2.24, 2.45) is 11.8 Å². The largest absolute Gasteiger partial charge is 0.481 e. The van der Waals surface area contributed by atoms with Gasteiger partial charge in [0.25, 0.3) is 0 Å². The SMILES string of the molecule is Cc1ccc(Br)cc1CNC(=O)N1CC(C)CC(C(=O)O)C1. The van der Waals surface area contributed by atoms with Crippen LogP contribution >= 0.6 is 15.9 Å². The molecule has 0 aromatic heterocycles. The van der Waals surface area contributed by atoms with Crippen molar-refractivity contribution in [2.45, 2.75) is 26.8 Å². The summed E-state index contributed by atoms with van der Waals surface area (Å²) in [6.07, 6.45) is 0.629. The van der Waals surface area contributed by atoms with Gasteiger partial charge in [-0.1, -0.05) is 28.9 Å². The van der Waals surface area contributed by atoms with Crippen molar-refractivity contribution in [2.75, 3.05) is 13.1 Å². The first-order valence-corrected chi connectivity index (χ1v) is 8.16. The number of hydrogen-bond acceptors (Lipinski definition) is 2. The van der Waals surface area contributed by atoms with Crippen molar-refractivity contribution in [3.63, 3.8) is 0 Å². The smallest absolute Gasteiger partial charge is 0.317 e. The second-order valence-corrected chi connectivity index (χ2v) is 6.93. The van der Waals surface area contributed by atoms with Gasteiger partial charge in [0.2, 0.25) is 0 Å². The fourth-order valence-corrected chi connectivity index (χ4v) is 3.22. The number of nitrogens with zero attached hydrogens (tertiary/aromatic N) is 1. The minimum Gasteiger partial charge on any atom is -0.481 e. The quantitative estimate of drug-likeness (QED) is 0.861. The van der Waals surface area contributed by atoms with E-state index in [-0.39, 0.29) is 18.5 Å². The zero-order valence-corrected chi connectivity index (χ0v) is 14.4. The molecule has 1 fully saturated rings. The summed E-state index contributed by atoms with van der Waals surface area (Å²) in [5.41, 5.74) is 2.15. The average Bonchev–Trinajstić information content (AvgIpc) is 2.47. The number of hydrogen-bond donors (Lipinski definition) is 2. The van der Waals surface area contributed by atoms with E-state index in [2.05, 4.69) is 21.2 Å². The number of aryl methyl sites for hydroxylation is 1. The number of aliphatic carboxylic acids is 1. The van der Waals surface area contributed by atoms with Crippen molar-refractivity contribution in [1.29, 1.82) is 0 Å². The van der Waals surface area contributed by atoms with Gasteiger partial charge in [-0.2, -0.15) is 0 Å². The van der Waals surface area contributed by atoms with Crippen LogP contribution in [0.5, 0.6) is 0 Å². The molecule has 2 amide bonds. The Balaban J connectivity index is 1.96. The minimum absolute atomic E-state index is 0.197. The van der Waals surface area contributed by atoms with Crippen molar-refractivity contribution < 1.29 is 14.7 Å². The molecular weight excluding hydrogens is 348 g/mol. The molecule has 1 aromatic carbocycles. The molecule has 1 aliphatic heterocycles. The second-order valence-electron chi connectivity index (χ2n) is 6.01. The number of halogens is 1. The number of carboxylic acids is 1. The summed E-state index contributed by atoms with van der Waals surface area (Å²) in [6, 6.07) is 5.74. The topological polar surface area (TPSA) is 69.6 Å². The van der Waals surface area contributed by atoms with E-state index in [1.54, 1.807) is 4.90 Å². The van der Waals surface area contributed by atoms with Crippen LogP contribution in [0.4, 0.5) is 4.79 Å². The molecule has 6 heteroatoms. The first kappa shape index (κ1) is 16.8. The number of amides is 2. The lowest BCUT2D eigenvalue weighted by Crippen LogP contribution is -2.49. The molecule has 1 aromatic rings. The first-order chi connectivity index (χ1) is 10.4. The Bertz CT molecular complexity index is 577. The highest BCUT2D eigenvalue weighted by atomic mass is 79.9. The molecule has 120 valence electrons. The molecule has 5 nitrogen and oxygen atoms in total. The third kappa shape index (κ3) is 4.22. The predicted molar refractivity (Wildman–Crippen MR) is 87.6 cm³/mol. The number of benzene rings is 1. The molecule has 0 saturated carbocycles. The Morgan fingerprint density at radius 2 is 2.14 bits per heavy atom. The molecule has 1 aliphatic rings. The maximum absolute atomic E-state index is 12.3. The highest BCUT2D eigenvalue weighted by Gasteiger charge is 2.31. The van der Waals surface area contributed by atoms with Crippen molar-refractivity contribution in [3.8, 4) is 0 Å². The van der Waals surface area contributed by atoms with Crippen LogP contribution < -0.4 is 5.32 Å². The third-order valence-electron chi connectivity index (χ3n) is 4.04. The van der Waals surface area contributed by atoms with E-state index in [0.29, 0.717) is 19.5 Å². The molecule has 0 radical (unpaired) electrons. The number of piperidine rings is 1. The number of nitrogens with one attached hydrogen (secondary N) is 1. The Kier molecular flexibility index (Phi) is 5.45. The summed E-state index contributed by atoms with van der Waals surface area (Å²) in [5, 5.41) is 12.1. The van der Waals surface area contributed by atoms with Gasteiger partial charge in [0.1, 0.15) is 0 Å². The number of rotatable bonds is 3. The van der Waals surface area contributed by atoms with Crippen molar-refractivity contribution in [3.05, 3.63) is 33.8 Å². The van der Waals surface area contributed by atoms with Crippen LogP contribution in [0.1, 0.15) is 24.5 Å². The first-order valence-electron chi connectivity index (χ1n) is 7.37. The Morgan fingerprint density at radius 3 is 2.82 bits per heavy atom. The van der Waals surface area contributed by atoms with Gasteiger partial charge in [-0.15, -0.1) is 0 Å². The summed E-state index contributed by atoms with van der Waals surface area (Å²) in [7, 11) is 0. The van der Waals surface area contributed by atoms with Gasteiger partial charge < -0.3 is 15.3 Å². The highest BCUT2D eigenvalue weighted by molar-refractivity contribution is 9.10. The fraction of sp³-hybridized carbons (Fsp3) is 0.500. The monoisotopic (exact) mass is 368 g/mol. The molecule has 1 heterocycles. The molecule has 2 N–H and O–H groups in total. The van der Waals surface area contributed by atoms with E-state index in [1.807, 2.05) is 32.0 Å². The van der Waals surface area contributed by atoms with Crippen LogP contribution in [0.15, 0.2) is 22.7 Å². The zero-order valence-electron chi connectivity index (χ0n) is 12.8. The standard InChI is InChI=1S/C16H21BrN2O3/c1-10-5-13(15(20)21)9-19(8-10)16(22)18-7-12-6-14(17)4-3-11(12)2/h3-4,6,10,13H,5,7-9H2,1-2H3,(H,18,22)(H,20,21). The van der Waals surface area contributed by atoms with Crippen LogP contribution in [0.2, 0.25) is 0 Å². The number of likely N-dealkylation sites (tertiary alicyclic amines) is 1. The maximum Gasteiger partial charge on any atom is 0.317 e. The number of carbonyl (C=O) groups excluding carboxylic acids is 1. The lowest BCUT2D eigenvalue weighted by molar-refractivity contribution is -0.143. The molecule has 2 rings (SSSR count). The van der Waals surface area contributed by atoms with Crippen molar-refractivity contribution in [1.82, 2.24) is 10.2 Å². The van der Waals surface area contributed by atoms with E-state index in [4.69, 9.17) is 5.11 Å². The van der Waals surface area contributed by atoms with Crippen LogP contribution in [0, 0.1) is 18.8 Å². The third-order valence-corrected chi connectivity index (χ3v) is 4.53. The summed E-state index contributed by atoms with van der Waals surface area (Å²) in [5.74, 6) is -1.09. The molecule has 0 bridgehead atoms. The normalized spacial score (nSPS) is 21.5. The Hall–Kier alpha value is -1.56. The molecule has 22 heavy (non-hydrogen) atoms. The van der Waals surface area contributed by atoms with Crippen LogP contribution in [-0.2, 0) is 11.3 Å². The van der Waals surface area contributed by atoms with E-state index in [1.165, 1.54) is 0 Å². The van der Waals surface area contributed by atoms with Gasteiger partial charge >= 0.3 is 12.0 Å². The molecule has 0 spiro atoms. The molecule has 1 saturated heterocycles. The van der Waals surface area contributed by atoms with E-state index >= 15 is 0 Å². The minimum atomic E-state index is -0.827. The summed E-state index contributed by atoms with van der Waals surface area (Å²) in [6.45, 7) is 5.30. The summed E-state index contributed by atoms with van der Waals surface area (Å²) < 4.78 is 0.972. The highest BCUT2D eigenvalue weighted by Crippen LogP contribution is 2.22. The van der Waals surface area contributed by atoms with Gasteiger partial charge in [-0.3, -0.25) is 4.79 Å². The number of carboxylic acid groups (broad SMARTS) is 1. The zero-order chi connectivity index (χ0) is 16.3. The average molecular weight is 369 g/mol. The maximum atomic E-state index is 12.3. The number of carbonyl (C=O) groups is 2. The lowest BCUT2D eigenvalue weighted by Gasteiger charge is -2.34. The van der Waals surface area contributed by atoms with Crippen LogP contribution in [-0.4, -0.2) is 35.1 Å². The van der Waals surface area contributed by atoms with E-state index in [9.17, 15) is 9.59 Å². The number of urea groups is 1. The predicted octanol–water partition coefficient (Wildman–Crippen LogP) is 3.01. The second kappa shape index (κ2) is 7.13. The van der Waals surface area contributed by atoms with Gasteiger partial charge in [0.15, 0.2) is 0 Å². The fourth-order valence-electron chi connectivity index (χ4n) is 2.81. The summed E-state index contributed by atoms with van der Waals surface area (Å²) >= 11 is 3.42. The van der Waals surface area contributed by atoms with Gasteiger partial charge in [0, 0.05) is 24.1 Å². The summed E-state index contributed by atoms with van der Waals surface area (Å²) in [4.78, 5) is 25.1. The molecular formula is C16H21BrN2O3. The van der Waals surface area contributed by atoms with E-state index in [0.717, 1.165) is 15.6 Å². The Labute approximate surface area is 138 Å². The van der Waals surface area contributed by atoms with Crippen LogP contribution in [0.25, 0.3) is 0 Å².